The fraction of sp³-hybridized carbons (Fsp3) is 0.300. The monoisotopic (exact) mass is 240 g/mol. The van der Waals surface area contributed by atoms with E-state index in [2.05, 4.69) is 5.32 Å². The Bertz CT molecular complexity index is 433. The first-order valence-electron chi connectivity index (χ1n) is 4.84. The van der Waals surface area contributed by atoms with E-state index in [1.807, 2.05) is 0 Å². The molecule has 17 heavy (non-hydrogen) atoms. The van der Waals surface area contributed by atoms with Gasteiger partial charge in [-0.15, -0.1) is 0 Å². The molecule has 2 N–H and O–H groups in total. The maximum Gasteiger partial charge on any atom is 0.273 e. The number of carbonyl (C=O) groups excluding carboxylic acids is 1. The van der Waals surface area contributed by atoms with E-state index < -0.39 is 4.92 Å². The van der Waals surface area contributed by atoms with E-state index in [9.17, 15) is 14.9 Å². The van der Waals surface area contributed by atoms with Crippen molar-refractivity contribution >= 4 is 17.3 Å². The van der Waals surface area contributed by atoms with Crippen molar-refractivity contribution in [3.05, 3.63) is 28.3 Å². The van der Waals surface area contributed by atoms with Crippen molar-refractivity contribution in [2.45, 2.75) is 6.92 Å². The predicted octanol–water partition coefficient (Wildman–Crippen LogP) is 0.924. The molecule has 0 radical (unpaired) electrons. The summed E-state index contributed by atoms with van der Waals surface area (Å²) >= 11 is 0. The number of ether oxygens (including phenoxy) is 1. The molecule has 0 heterocycles. The lowest BCUT2D eigenvalue weighted by atomic mass is 10.2. The summed E-state index contributed by atoms with van der Waals surface area (Å²) in [6.07, 6.45) is 0. The molecule has 1 aromatic carbocycles. The van der Waals surface area contributed by atoms with Gasteiger partial charge in [-0.2, -0.15) is 0 Å². The summed E-state index contributed by atoms with van der Waals surface area (Å²) in [6, 6.07) is 3.84. The molecule has 0 bridgehead atoms. The highest BCUT2D eigenvalue weighted by Crippen LogP contribution is 2.29. The van der Waals surface area contributed by atoms with Crippen molar-refractivity contribution in [3.8, 4) is 5.75 Å². The third-order valence-corrected chi connectivity index (χ3v) is 1.84. The van der Waals surface area contributed by atoms with Gasteiger partial charge in [-0.3, -0.25) is 14.9 Å². The van der Waals surface area contributed by atoms with Crippen molar-refractivity contribution in [2.24, 2.45) is 0 Å². The minimum atomic E-state index is -0.566. The van der Waals surface area contributed by atoms with Crippen LogP contribution in [-0.2, 0) is 4.79 Å². The third kappa shape index (κ3) is 3.72. The van der Waals surface area contributed by atoms with Crippen LogP contribution in [0.5, 0.6) is 5.75 Å². The molecule has 0 aromatic heterocycles. The summed E-state index contributed by atoms with van der Waals surface area (Å²) < 4.78 is 5.11. The quantitative estimate of drug-likeness (QED) is 0.588. The molecule has 0 aliphatic heterocycles. The molecule has 0 saturated heterocycles. The highest BCUT2D eigenvalue weighted by atomic mass is 16.6. The van der Waals surface area contributed by atoms with E-state index in [-0.39, 0.29) is 30.6 Å². The van der Waals surface area contributed by atoms with Crippen LogP contribution in [0.3, 0.4) is 0 Å². The van der Waals surface area contributed by atoms with Gasteiger partial charge in [0.2, 0.25) is 5.91 Å². The van der Waals surface area contributed by atoms with Crippen LogP contribution >= 0.6 is 0 Å². The average Bonchev–Trinajstić information content (AvgIpc) is 2.26. The zero-order valence-electron chi connectivity index (χ0n) is 9.17. The van der Waals surface area contributed by atoms with E-state index in [1.54, 1.807) is 0 Å². The van der Waals surface area contributed by atoms with Gasteiger partial charge in [-0.05, 0) is 6.07 Å². The Balaban J connectivity index is 3.02. The van der Waals surface area contributed by atoms with Crippen LogP contribution in [-0.4, -0.2) is 29.2 Å². The van der Waals surface area contributed by atoms with Crippen LogP contribution < -0.4 is 10.1 Å². The molecule has 0 saturated carbocycles. The number of rotatable bonds is 5. The number of hydrogen-bond donors (Lipinski definition) is 2. The normalized spacial score (nSPS) is 9.76. The fourth-order valence-electron chi connectivity index (χ4n) is 1.19. The van der Waals surface area contributed by atoms with Crippen molar-refractivity contribution in [1.29, 1.82) is 0 Å². The predicted molar refractivity (Wildman–Crippen MR) is 60.0 cm³/mol. The van der Waals surface area contributed by atoms with Gasteiger partial charge in [0.25, 0.3) is 5.69 Å². The summed E-state index contributed by atoms with van der Waals surface area (Å²) in [5, 5.41) is 21.7. The number of aliphatic hydroxyl groups excluding tert-OH is 1. The van der Waals surface area contributed by atoms with Gasteiger partial charge in [0.15, 0.2) is 0 Å². The number of anilines is 1. The number of non-ortho nitro benzene ring substituents is 1. The summed E-state index contributed by atoms with van der Waals surface area (Å²) in [4.78, 5) is 20.9. The smallest absolute Gasteiger partial charge is 0.273 e. The topological polar surface area (TPSA) is 102 Å². The Morgan fingerprint density at radius 3 is 2.82 bits per heavy atom. The molecule has 7 nitrogen and oxygen atoms in total. The lowest BCUT2D eigenvalue weighted by molar-refractivity contribution is -0.384. The van der Waals surface area contributed by atoms with Crippen molar-refractivity contribution in [2.75, 3.05) is 18.5 Å². The highest BCUT2D eigenvalue weighted by molar-refractivity contribution is 5.90. The Morgan fingerprint density at radius 1 is 1.59 bits per heavy atom. The van der Waals surface area contributed by atoms with E-state index in [1.165, 1.54) is 25.1 Å². The maximum atomic E-state index is 10.9. The van der Waals surface area contributed by atoms with Gasteiger partial charge in [0.1, 0.15) is 12.4 Å². The van der Waals surface area contributed by atoms with E-state index in [0.29, 0.717) is 5.69 Å². The third-order valence-electron chi connectivity index (χ3n) is 1.84. The largest absolute Gasteiger partial charge is 0.489 e. The molecule has 0 aliphatic rings. The van der Waals surface area contributed by atoms with E-state index in [4.69, 9.17) is 9.84 Å². The van der Waals surface area contributed by atoms with Crippen LogP contribution in [0.1, 0.15) is 6.92 Å². The molecule has 1 amide bonds. The lowest BCUT2D eigenvalue weighted by Gasteiger charge is -2.10. The van der Waals surface area contributed by atoms with Gasteiger partial charge >= 0.3 is 0 Å². The first-order valence-corrected chi connectivity index (χ1v) is 4.84. The van der Waals surface area contributed by atoms with Crippen LogP contribution in [0.25, 0.3) is 0 Å². The number of nitrogens with one attached hydrogen (secondary N) is 1. The number of amides is 1. The van der Waals surface area contributed by atoms with Gasteiger partial charge in [-0.25, -0.2) is 0 Å². The second kappa shape index (κ2) is 5.80. The zero-order chi connectivity index (χ0) is 12.8. The second-order valence-corrected chi connectivity index (χ2v) is 3.19. The van der Waals surface area contributed by atoms with E-state index in [0.717, 1.165) is 0 Å². The molecule has 0 atom stereocenters. The molecule has 0 unspecified atom stereocenters. The lowest BCUT2D eigenvalue weighted by Crippen LogP contribution is -2.09. The van der Waals surface area contributed by atoms with Gasteiger partial charge in [0.05, 0.1) is 23.3 Å². The van der Waals surface area contributed by atoms with Crippen LogP contribution in [0.4, 0.5) is 11.4 Å². The maximum absolute atomic E-state index is 10.9. The SMILES string of the molecule is CC(=O)Nc1ccc([N+](=O)[O-])cc1OCCO. The summed E-state index contributed by atoms with van der Waals surface area (Å²) in [5.41, 5.74) is 0.184. The fourth-order valence-corrected chi connectivity index (χ4v) is 1.19. The second-order valence-electron chi connectivity index (χ2n) is 3.19. The average molecular weight is 240 g/mol. The molecular weight excluding hydrogens is 228 g/mol. The Hall–Kier alpha value is -2.15. The molecule has 7 heteroatoms. The van der Waals surface area contributed by atoms with Gasteiger partial charge in [-0.1, -0.05) is 0 Å². The number of hydrogen-bond acceptors (Lipinski definition) is 5. The number of benzene rings is 1. The first kappa shape index (κ1) is 12.9. The highest BCUT2D eigenvalue weighted by Gasteiger charge is 2.12. The molecule has 1 aromatic rings. The number of aliphatic hydroxyl groups is 1. The molecular formula is C10H12N2O5. The molecule has 0 aliphatic carbocycles. The molecule has 0 fully saturated rings. The number of nitro benzene ring substituents is 1. The van der Waals surface area contributed by atoms with Crippen molar-refractivity contribution in [3.63, 3.8) is 0 Å². The Labute approximate surface area is 97.2 Å². The first-order chi connectivity index (χ1) is 8.04. The Kier molecular flexibility index (Phi) is 4.41. The zero-order valence-corrected chi connectivity index (χ0v) is 9.17. The number of nitro groups is 1. The minimum Gasteiger partial charge on any atom is -0.489 e. The van der Waals surface area contributed by atoms with Crippen molar-refractivity contribution in [1.82, 2.24) is 0 Å². The number of carbonyl (C=O) groups is 1. The van der Waals surface area contributed by atoms with Crippen LogP contribution in [0, 0.1) is 10.1 Å². The van der Waals surface area contributed by atoms with E-state index >= 15 is 0 Å². The summed E-state index contributed by atoms with van der Waals surface area (Å²) in [7, 11) is 0. The standard InChI is InChI=1S/C10H12N2O5/c1-7(14)11-9-3-2-8(12(15)16)6-10(9)17-5-4-13/h2-3,6,13H,4-5H2,1H3,(H,11,14). The van der Waals surface area contributed by atoms with Crippen LogP contribution in [0.2, 0.25) is 0 Å². The molecule has 0 spiro atoms. The molecule has 92 valence electrons. The molecule has 1 rings (SSSR count). The number of nitrogens with zero attached hydrogens (tertiary/aromatic N) is 1. The summed E-state index contributed by atoms with van der Waals surface area (Å²) in [5.74, 6) is -0.156. The van der Waals surface area contributed by atoms with Gasteiger partial charge in [0, 0.05) is 13.0 Å². The Morgan fingerprint density at radius 2 is 2.29 bits per heavy atom. The van der Waals surface area contributed by atoms with Crippen LogP contribution in [0.15, 0.2) is 18.2 Å². The van der Waals surface area contributed by atoms with Crippen molar-refractivity contribution < 1.29 is 19.6 Å². The summed E-state index contributed by atoms with van der Waals surface area (Å²) in [6.45, 7) is 1.09. The van der Waals surface area contributed by atoms with Gasteiger partial charge < -0.3 is 15.2 Å². The minimum absolute atomic E-state index is 0.00620.